The van der Waals surface area contributed by atoms with Gasteiger partial charge in [-0.1, -0.05) is 0 Å². The Bertz CT molecular complexity index is 505. The van der Waals surface area contributed by atoms with Crippen LogP contribution < -0.4 is 5.32 Å². The largest absolute Gasteiger partial charge is 0.394 e. The Morgan fingerprint density at radius 3 is 2.50 bits per heavy atom. The van der Waals surface area contributed by atoms with Gasteiger partial charge in [-0.05, 0) is 18.6 Å². The van der Waals surface area contributed by atoms with Gasteiger partial charge in [0.1, 0.15) is 5.69 Å². The van der Waals surface area contributed by atoms with E-state index in [9.17, 15) is 19.8 Å². The van der Waals surface area contributed by atoms with Crippen LogP contribution in [0, 0.1) is 0 Å². The number of aliphatic hydroxyl groups excluding tert-OH is 2. The van der Waals surface area contributed by atoms with E-state index in [2.05, 4.69) is 10.3 Å². The summed E-state index contributed by atoms with van der Waals surface area (Å²) in [5, 5.41) is 21.1. The topological polar surface area (TPSA) is 103 Å². The maximum absolute atomic E-state index is 12.3. The van der Waals surface area contributed by atoms with Crippen LogP contribution in [0.4, 0.5) is 0 Å². The van der Waals surface area contributed by atoms with Crippen molar-refractivity contribution >= 4 is 11.8 Å². The number of hydrogen-bond donors (Lipinski definition) is 3. The van der Waals surface area contributed by atoms with E-state index in [0.29, 0.717) is 18.5 Å². The minimum Gasteiger partial charge on any atom is -0.394 e. The third-order valence-corrected chi connectivity index (χ3v) is 3.68. The quantitative estimate of drug-likeness (QED) is 0.657. The van der Waals surface area contributed by atoms with Crippen LogP contribution in [0.2, 0.25) is 0 Å². The van der Waals surface area contributed by atoms with Gasteiger partial charge in [0.25, 0.3) is 11.8 Å². The molecule has 2 heterocycles. The number of nitrogens with zero attached hydrogens (tertiary/aromatic N) is 2. The molecule has 0 atom stereocenters. The molecule has 0 saturated carbocycles. The number of carbonyl (C=O) groups excluding carboxylic acids is 2. The monoisotopic (exact) mass is 279 g/mol. The minimum atomic E-state index is -0.878. The van der Waals surface area contributed by atoms with Crippen LogP contribution in [0.5, 0.6) is 0 Å². The summed E-state index contributed by atoms with van der Waals surface area (Å²) >= 11 is 0. The number of likely N-dealkylation sites (tertiary alicyclic amines) is 1. The standard InChI is InChI=1S/C13H17N3O4/c1-14-11(19)10-3-2-9(6-15-10)12(20)16-5-4-13(16,7-17)8-18/h2-3,6,17-18H,4-5,7-8H2,1H3,(H,14,19). The lowest BCUT2D eigenvalue weighted by Crippen LogP contribution is -2.66. The summed E-state index contributed by atoms with van der Waals surface area (Å²) in [6, 6.07) is 2.98. The average Bonchev–Trinajstić information content (AvgIpc) is 2.47. The Labute approximate surface area is 116 Å². The first kappa shape index (κ1) is 14.4. The minimum absolute atomic E-state index is 0.225. The first-order chi connectivity index (χ1) is 9.57. The van der Waals surface area contributed by atoms with Gasteiger partial charge in [0.15, 0.2) is 0 Å². The van der Waals surface area contributed by atoms with Gasteiger partial charge in [-0.2, -0.15) is 0 Å². The molecule has 1 fully saturated rings. The molecule has 7 nitrogen and oxygen atoms in total. The van der Waals surface area contributed by atoms with Gasteiger partial charge in [0.2, 0.25) is 0 Å². The first-order valence-corrected chi connectivity index (χ1v) is 6.30. The Morgan fingerprint density at radius 2 is 2.10 bits per heavy atom. The summed E-state index contributed by atoms with van der Waals surface area (Å²) in [6.45, 7) is -0.0743. The zero-order valence-electron chi connectivity index (χ0n) is 11.2. The van der Waals surface area contributed by atoms with Crippen LogP contribution in [0.25, 0.3) is 0 Å². The molecule has 1 aliphatic rings. The molecule has 3 N–H and O–H groups in total. The number of aromatic nitrogens is 1. The molecule has 1 aliphatic heterocycles. The van der Waals surface area contributed by atoms with Crippen LogP contribution in [-0.2, 0) is 0 Å². The molecule has 0 aromatic carbocycles. The zero-order valence-corrected chi connectivity index (χ0v) is 11.2. The van der Waals surface area contributed by atoms with Crippen LogP contribution in [-0.4, -0.2) is 64.3 Å². The number of pyridine rings is 1. The SMILES string of the molecule is CNC(=O)c1ccc(C(=O)N2CCC2(CO)CO)cn1. The zero-order chi connectivity index (χ0) is 14.8. The van der Waals surface area contributed by atoms with Crippen LogP contribution in [0.3, 0.4) is 0 Å². The molecule has 7 heteroatoms. The number of aliphatic hydroxyl groups is 2. The van der Waals surface area contributed by atoms with Crippen molar-refractivity contribution in [2.24, 2.45) is 0 Å². The second-order valence-electron chi connectivity index (χ2n) is 4.76. The fourth-order valence-electron chi connectivity index (χ4n) is 2.17. The molecule has 0 radical (unpaired) electrons. The number of carbonyl (C=O) groups is 2. The van der Waals surface area contributed by atoms with Crippen molar-refractivity contribution in [3.63, 3.8) is 0 Å². The molecule has 108 valence electrons. The molecule has 20 heavy (non-hydrogen) atoms. The van der Waals surface area contributed by atoms with Crippen molar-refractivity contribution in [3.8, 4) is 0 Å². The molecular weight excluding hydrogens is 262 g/mol. The van der Waals surface area contributed by atoms with Gasteiger partial charge in [0, 0.05) is 19.8 Å². The lowest BCUT2D eigenvalue weighted by atomic mass is 9.85. The molecule has 1 aromatic heterocycles. The number of amides is 2. The van der Waals surface area contributed by atoms with Crippen molar-refractivity contribution in [2.75, 3.05) is 26.8 Å². The highest BCUT2D eigenvalue weighted by molar-refractivity contribution is 5.96. The first-order valence-electron chi connectivity index (χ1n) is 6.30. The van der Waals surface area contributed by atoms with Gasteiger partial charge >= 0.3 is 0 Å². The van der Waals surface area contributed by atoms with E-state index in [4.69, 9.17) is 0 Å². The molecule has 1 aromatic rings. The molecule has 0 aliphatic carbocycles. The molecule has 2 rings (SSSR count). The lowest BCUT2D eigenvalue weighted by molar-refractivity contribution is -0.0636. The molecule has 2 amide bonds. The highest BCUT2D eigenvalue weighted by Gasteiger charge is 2.46. The van der Waals surface area contributed by atoms with Crippen LogP contribution in [0.15, 0.2) is 18.3 Å². The van der Waals surface area contributed by atoms with E-state index in [-0.39, 0.29) is 30.7 Å². The Hall–Kier alpha value is -1.99. The smallest absolute Gasteiger partial charge is 0.269 e. The summed E-state index contributed by atoms with van der Waals surface area (Å²) in [5.74, 6) is -0.636. The second-order valence-corrected chi connectivity index (χ2v) is 4.76. The maximum Gasteiger partial charge on any atom is 0.269 e. The fraction of sp³-hybridized carbons (Fsp3) is 0.462. The number of nitrogens with one attached hydrogen (secondary N) is 1. The number of hydrogen-bond acceptors (Lipinski definition) is 5. The van der Waals surface area contributed by atoms with Crippen LogP contribution in [0.1, 0.15) is 27.3 Å². The van der Waals surface area contributed by atoms with Crippen molar-refractivity contribution < 1.29 is 19.8 Å². The van der Waals surface area contributed by atoms with E-state index in [0.717, 1.165) is 0 Å². The number of rotatable bonds is 4. The lowest BCUT2D eigenvalue weighted by Gasteiger charge is -2.50. The molecule has 0 spiro atoms. The third-order valence-electron chi connectivity index (χ3n) is 3.68. The van der Waals surface area contributed by atoms with E-state index >= 15 is 0 Å². The van der Waals surface area contributed by atoms with Crippen molar-refractivity contribution in [3.05, 3.63) is 29.6 Å². The predicted octanol–water partition coefficient (Wildman–Crippen LogP) is -0.989. The van der Waals surface area contributed by atoms with Gasteiger partial charge < -0.3 is 20.4 Å². The Balaban J connectivity index is 2.16. The summed E-state index contributed by atoms with van der Waals surface area (Å²) < 4.78 is 0. The van der Waals surface area contributed by atoms with Crippen LogP contribution >= 0.6 is 0 Å². The predicted molar refractivity (Wildman–Crippen MR) is 70.2 cm³/mol. The molecule has 1 saturated heterocycles. The Morgan fingerprint density at radius 1 is 1.40 bits per heavy atom. The van der Waals surface area contributed by atoms with Crippen molar-refractivity contribution in [2.45, 2.75) is 12.0 Å². The van der Waals surface area contributed by atoms with Gasteiger partial charge in [0.05, 0.1) is 24.3 Å². The third kappa shape index (κ3) is 2.25. The van der Waals surface area contributed by atoms with Crippen molar-refractivity contribution in [1.29, 1.82) is 0 Å². The highest BCUT2D eigenvalue weighted by atomic mass is 16.3. The summed E-state index contributed by atoms with van der Waals surface area (Å²) in [4.78, 5) is 29.0. The molecular formula is C13H17N3O4. The highest BCUT2D eigenvalue weighted by Crippen LogP contribution is 2.31. The summed E-state index contributed by atoms with van der Waals surface area (Å²) in [5.41, 5.74) is -0.330. The second kappa shape index (κ2) is 5.56. The van der Waals surface area contributed by atoms with Crippen molar-refractivity contribution in [1.82, 2.24) is 15.2 Å². The Kier molecular flexibility index (Phi) is 4.01. The average molecular weight is 279 g/mol. The van der Waals surface area contributed by atoms with E-state index < -0.39 is 5.54 Å². The summed E-state index contributed by atoms with van der Waals surface area (Å²) in [6.07, 6.45) is 1.89. The van der Waals surface area contributed by atoms with Gasteiger partial charge in [-0.3, -0.25) is 14.6 Å². The van der Waals surface area contributed by atoms with Gasteiger partial charge in [-0.25, -0.2) is 0 Å². The normalized spacial score (nSPS) is 16.4. The molecule has 0 bridgehead atoms. The van der Waals surface area contributed by atoms with E-state index in [1.54, 1.807) is 0 Å². The van der Waals surface area contributed by atoms with Gasteiger partial charge in [-0.15, -0.1) is 0 Å². The van der Waals surface area contributed by atoms with E-state index in [1.165, 1.54) is 30.3 Å². The summed E-state index contributed by atoms with van der Waals surface area (Å²) in [7, 11) is 1.50. The van der Waals surface area contributed by atoms with E-state index in [1.807, 2.05) is 0 Å². The fourth-order valence-corrected chi connectivity index (χ4v) is 2.17. The maximum atomic E-state index is 12.3. The molecule has 0 unspecified atom stereocenters.